The van der Waals surface area contributed by atoms with Crippen LogP contribution in [0, 0.1) is 12.8 Å². The molecule has 1 atom stereocenters. The maximum Gasteiger partial charge on any atom is 0.165 e. The second-order valence-electron chi connectivity index (χ2n) is 6.80. The van der Waals surface area contributed by atoms with E-state index in [9.17, 15) is 5.11 Å². The van der Waals surface area contributed by atoms with Crippen molar-refractivity contribution in [2.75, 3.05) is 32.8 Å². The minimum absolute atomic E-state index is 0.317. The molecule has 2 N–H and O–H groups in total. The average Bonchev–Trinajstić information content (AvgIpc) is 3.08. The van der Waals surface area contributed by atoms with Crippen LogP contribution in [0.15, 0.2) is 50.8 Å². The molecule has 25 heavy (non-hydrogen) atoms. The summed E-state index contributed by atoms with van der Waals surface area (Å²) in [5.74, 6) is 1.43. The fourth-order valence-corrected chi connectivity index (χ4v) is 3.97. The smallest absolute Gasteiger partial charge is 0.165 e. The summed E-state index contributed by atoms with van der Waals surface area (Å²) in [6.45, 7) is 7.32. The van der Waals surface area contributed by atoms with E-state index in [1.165, 1.54) is 16.9 Å². The molecule has 4 nitrogen and oxygen atoms in total. The molecule has 1 saturated heterocycles. The fraction of sp³-hybridized carbons (Fsp3) is 0.500. The highest BCUT2D eigenvalue weighted by Crippen LogP contribution is 2.29. The van der Waals surface area contributed by atoms with Crippen molar-refractivity contribution >= 4 is 11.8 Å². The third-order valence-corrected chi connectivity index (χ3v) is 5.57. The summed E-state index contributed by atoms with van der Waals surface area (Å²) in [5.41, 5.74) is 1.27. The molecule has 2 aromatic rings. The molecule has 1 unspecified atom stereocenters. The molecule has 1 aromatic carbocycles. The van der Waals surface area contributed by atoms with Gasteiger partial charge in [-0.2, -0.15) is 0 Å². The molecule has 5 heteroatoms. The van der Waals surface area contributed by atoms with E-state index >= 15 is 0 Å². The lowest BCUT2D eigenvalue weighted by atomic mass is 9.99. The fourth-order valence-electron chi connectivity index (χ4n) is 3.18. The number of aliphatic hydroxyl groups excluding tert-OH is 1. The summed E-state index contributed by atoms with van der Waals surface area (Å²) < 4.78 is 5.90. The van der Waals surface area contributed by atoms with Crippen molar-refractivity contribution in [3.05, 3.63) is 47.7 Å². The Kier molecular flexibility index (Phi) is 6.99. The predicted octanol–water partition coefficient (Wildman–Crippen LogP) is 3.53. The summed E-state index contributed by atoms with van der Waals surface area (Å²) in [6, 6.07) is 12.6. The van der Waals surface area contributed by atoms with Crippen LogP contribution in [-0.4, -0.2) is 42.8 Å². The van der Waals surface area contributed by atoms with Gasteiger partial charge in [0, 0.05) is 31.1 Å². The highest BCUT2D eigenvalue weighted by Gasteiger charge is 2.18. The van der Waals surface area contributed by atoms with Crippen LogP contribution in [0.1, 0.15) is 24.2 Å². The third-order valence-electron chi connectivity index (χ3n) is 4.64. The Hall–Kier alpha value is -1.27. The first-order valence-electron chi connectivity index (χ1n) is 9.10. The van der Waals surface area contributed by atoms with E-state index in [2.05, 4.69) is 41.4 Å². The summed E-state index contributed by atoms with van der Waals surface area (Å²) >= 11 is 1.66. The summed E-state index contributed by atoms with van der Waals surface area (Å²) in [4.78, 5) is 3.64. The Bertz CT molecular complexity index is 641. The normalized spacial score (nSPS) is 18.6. The van der Waals surface area contributed by atoms with Crippen molar-refractivity contribution in [2.24, 2.45) is 5.92 Å². The Labute approximate surface area is 154 Å². The zero-order valence-corrected chi connectivity index (χ0v) is 15.7. The Balaban J connectivity index is 1.38. The number of rotatable bonds is 8. The van der Waals surface area contributed by atoms with Gasteiger partial charge in [0.1, 0.15) is 5.76 Å². The first-order chi connectivity index (χ1) is 12.2. The first-order valence-corrected chi connectivity index (χ1v) is 9.92. The number of benzene rings is 1. The molecule has 0 saturated carbocycles. The van der Waals surface area contributed by atoms with E-state index in [1.807, 2.05) is 12.1 Å². The van der Waals surface area contributed by atoms with Gasteiger partial charge in [0.15, 0.2) is 5.09 Å². The molecule has 0 radical (unpaired) electrons. The van der Waals surface area contributed by atoms with Gasteiger partial charge in [-0.15, -0.1) is 0 Å². The maximum atomic E-state index is 9.29. The predicted molar refractivity (Wildman–Crippen MR) is 102 cm³/mol. The highest BCUT2D eigenvalue weighted by atomic mass is 32.2. The van der Waals surface area contributed by atoms with Gasteiger partial charge in [-0.25, -0.2) is 0 Å². The van der Waals surface area contributed by atoms with Crippen molar-refractivity contribution in [1.29, 1.82) is 0 Å². The van der Waals surface area contributed by atoms with Crippen molar-refractivity contribution in [2.45, 2.75) is 36.3 Å². The van der Waals surface area contributed by atoms with Gasteiger partial charge in [-0.3, -0.25) is 0 Å². The average molecular weight is 361 g/mol. The van der Waals surface area contributed by atoms with Crippen molar-refractivity contribution in [3.8, 4) is 0 Å². The van der Waals surface area contributed by atoms with Gasteiger partial charge >= 0.3 is 0 Å². The lowest BCUT2D eigenvalue weighted by molar-refractivity contribution is 0.121. The molecule has 2 heterocycles. The molecule has 0 spiro atoms. The number of nitrogens with one attached hydrogen (secondary N) is 1. The SMILES string of the molecule is Cc1ccc(Sc2ccc(CNCCN3CCCC(CO)C3)o2)cc1. The number of hydrogen-bond acceptors (Lipinski definition) is 5. The van der Waals surface area contributed by atoms with Crippen LogP contribution < -0.4 is 5.32 Å². The molecule has 0 amide bonds. The zero-order chi connectivity index (χ0) is 17.5. The Morgan fingerprint density at radius 2 is 2.08 bits per heavy atom. The van der Waals surface area contributed by atoms with E-state index < -0.39 is 0 Å². The Morgan fingerprint density at radius 3 is 2.88 bits per heavy atom. The van der Waals surface area contributed by atoms with Crippen molar-refractivity contribution in [1.82, 2.24) is 10.2 Å². The number of aliphatic hydroxyl groups is 1. The van der Waals surface area contributed by atoms with E-state index in [4.69, 9.17) is 4.42 Å². The van der Waals surface area contributed by atoms with Crippen molar-refractivity contribution < 1.29 is 9.52 Å². The van der Waals surface area contributed by atoms with E-state index in [0.717, 1.165) is 50.0 Å². The number of hydrogen-bond donors (Lipinski definition) is 2. The molecule has 1 aromatic heterocycles. The highest BCUT2D eigenvalue weighted by molar-refractivity contribution is 7.99. The topological polar surface area (TPSA) is 48.6 Å². The van der Waals surface area contributed by atoms with Crippen LogP contribution in [0.5, 0.6) is 0 Å². The Morgan fingerprint density at radius 1 is 1.24 bits per heavy atom. The zero-order valence-electron chi connectivity index (χ0n) is 14.9. The molecular weight excluding hydrogens is 332 g/mol. The molecule has 1 fully saturated rings. The second-order valence-corrected chi connectivity index (χ2v) is 7.88. The largest absolute Gasteiger partial charge is 0.453 e. The van der Waals surface area contributed by atoms with Crippen LogP contribution in [0.4, 0.5) is 0 Å². The minimum Gasteiger partial charge on any atom is -0.453 e. The molecule has 0 bridgehead atoms. The standard InChI is InChI=1S/C20H28N2O2S/c1-16-4-7-19(8-5-16)25-20-9-6-18(24-20)13-21-10-12-22-11-2-3-17(14-22)15-23/h4-9,17,21,23H,2-3,10-15H2,1H3. The third kappa shape index (κ3) is 5.89. The maximum absolute atomic E-state index is 9.29. The summed E-state index contributed by atoms with van der Waals surface area (Å²) in [6.07, 6.45) is 2.36. The van der Waals surface area contributed by atoms with Crippen LogP contribution in [0.3, 0.4) is 0 Å². The van der Waals surface area contributed by atoms with Gasteiger partial charge in [0.05, 0.1) is 6.54 Å². The van der Waals surface area contributed by atoms with Gasteiger partial charge in [0.25, 0.3) is 0 Å². The molecule has 136 valence electrons. The monoisotopic (exact) mass is 360 g/mol. The lowest BCUT2D eigenvalue weighted by Crippen LogP contribution is -2.40. The lowest BCUT2D eigenvalue weighted by Gasteiger charge is -2.31. The molecule has 1 aliphatic rings. The van der Waals surface area contributed by atoms with E-state index in [-0.39, 0.29) is 0 Å². The molecular formula is C20H28N2O2S. The number of likely N-dealkylation sites (tertiary alicyclic amines) is 1. The van der Waals surface area contributed by atoms with Gasteiger partial charge in [-0.05, 0) is 56.5 Å². The van der Waals surface area contributed by atoms with Crippen LogP contribution in [0.2, 0.25) is 0 Å². The van der Waals surface area contributed by atoms with E-state index in [1.54, 1.807) is 11.8 Å². The molecule has 3 rings (SSSR count). The number of piperidine rings is 1. The quantitative estimate of drug-likeness (QED) is 0.705. The second kappa shape index (κ2) is 9.43. The summed E-state index contributed by atoms with van der Waals surface area (Å²) in [7, 11) is 0. The van der Waals surface area contributed by atoms with E-state index in [0.29, 0.717) is 12.5 Å². The van der Waals surface area contributed by atoms with Crippen LogP contribution >= 0.6 is 11.8 Å². The number of nitrogens with zero attached hydrogens (tertiary/aromatic N) is 1. The van der Waals surface area contributed by atoms with Gasteiger partial charge < -0.3 is 19.7 Å². The first kappa shape index (κ1) is 18.5. The molecule has 0 aliphatic carbocycles. The number of aryl methyl sites for hydroxylation is 1. The van der Waals surface area contributed by atoms with Crippen LogP contribution in [-0.2, 0) is 6.54 Å². The molecule has 1 aliphatic heterocycles. The summed E-state index contributed by atoms with van der Waals surface area (Å²) in [5, 5.41) is 13.7. The minimum atomic E-state index is 0.317. The number of furan rings is 1. The van der Waals surface area contributed by atoms with Gasteiger partial charge in [0.2, 0.25) is 0 Å². The van der Waals surface area contributed by atoms with Crippen molar-refractivity contribution in [3.63, 3.8) is 0 Å². The van der Waals surface area contributed by atoms with Gasteiger partial charge in [-0.1, -0.05) is 29.5 Å². The van der Waals surface area contributed by atoms with Crippen LogP contribution in [0.25, 0.3) is 0 Å².